The lowest BCUT2D eigenvalue weighted by Gasteiger charge is -2.44. The monoisotopic (exact) mass is 424 g/mol. The van der Waals surface area contributed by atoms with Gasteiger partial charge in [0, 0.05) is 35.3 Å². The predicted octanol–water partition coefficient (Wildman–Crippen LogP) is 6.13. The summed E-state index contributed by atoms with van der Waals surface area (Å²) in [6.45, 7) is 6.17. The van der Waals surface area contributed by atoms with Crippen LogP contribution in [0.3, 0.4) is 0 Å². The number of nitrogens with zero attached hydrogens (tertiary/aromatic N) is 1. The molecule has 1 aromatic heterocycles. The molecule has 3 nitrogen and oxygen atoms in total. The van der Waals surface area contributed by atoms with E-state index < -0.39 is 17.0 Å². The Morgan fingerprint density at radius 1 is 1.13 bits per heavy atom. The summed E-state index contributed by atoms with van der Waals surface area (Å²) in [7, 11) is 0. The van der Waals surface area contributed by atoms with Crippen LogP contribution in [0, 0.1) is 25.5 Å². The number of hydrogen-bond acceptors (Lipinski definition) is 3. The standard InChI is InChI=1S/C26H30F2N2O/c1-4-24(29)26(19-12-20(27)14-21(28)13-19)8-5-22(6-9-26)31-25-16(2)11-18-15-30-10-7-23(18)17(25)3/h7,10-15,22,24H,4-6,8-9,29H2,1-3H3/t22?,24-,26?/m0/s1. The summed E-state index contributed by atoms with van der Waals surface area (Å²) in [5.41, 5.74) is 8.98. The zero-order chi connectivity index (χ0) is 22.2. The Bertz CT molecular complexity index is 1070. The van der Waals surface area contributed by atoms with E-state index in [4.69, 9.17) is 10.5 Å². The Balaban J connectivity index is 1.59. The van der Waals surface area contributed by atoms with E-state index in [0.29, 0.717) is 5.56 Å². The number of ether oxygens (including phenoxy) is 1. The number of rotatable bonds is 5. The number of aryl methyl sites for hydroxylation is 2. The normalized spacial score (nSPS) is 22.5. The van der Waals surface area contributed by atoms with E-state index in [2.05, 4.69) is 24.9 Å². The molecule has 31 heavy (non-hydrogen) atoms. The number of benzene rings is 2. The van der Waals surface area contributed by atoms with Gasteiger partial charge in [0.05, 0.1) is 6.10 Å². The number of pyridine rings is 1. The van der Waals surface area contributed by atoms with E-state index in [9.17, 15) is 8.78 Å². The Hall–Kier alpha value is -2.53. The van der Waals surface area contributed by atoms with Gasteiger partial charge in [-0.2, -0.15) is 0 Å². The lowest BCUT2D eigenvalue weighted by Crippen LogP contribution is -2.49. The minimum atomic E-state index is -0.548. The quantitative estimate of drug-likeness (QED) is 0.536. The molecule has 2 aromatic carbocycles. The number of nitrogens with two attached hydrogens (primary N) is 1. The van der Waals surface area contributed by atoms with Gasteiger partial charge in [-0.1, -0.05) is 6.92 Å². The van der Waals surface area contributed by atoms with Crippen molar-refractivity contribution in [1.82, 2.24) is 4.98 Å². The zero-order valence-corrected chi connectivity index (χ0v) is 18.4. The highest BCUT2D eigenvalue weighted by atomic mass is 19.1. The van der Waals surface area contributed by atoms with Crippen LogP contribution >= 0.6 is 0 Å². The fourth-order valence-electron chi connectivity index (χ4n) is 5.26. The van der Waals surface area contributed by atoms with Crippen molar-refractivity contribution in [3.63, 3.8) is 0 Å². The largest absolute Gasteiger partial charge is 0.490 e. The first-order valence-electron chi connectivity index (χ1n) is 11.1. The summed E-state index contributed by atoms with van der Waals surface area (Å²) in [6, 6.07) is 7.79. The van der Waals surface area contributed by atoms with E-state index >= 15 is 0 Å². The lowest BCUT2D eigenvalue weighted by atomic mass is 9.64. The van der Waals surface area contributed by atoms with Crippen molar-refractivity contribution in [3.05, 3.63) is 71.1 Å². The smallest absolute Gasteiger partial charge is 0.126 e. The molecule has 0 amide bonds. The van der Waals surface area contributed by atoms with Crippen molar-refractivity contribution < 1.29 is 13.5 Å². The molecule has 3 aromatic rings. The molecule has 5 heteroatoms. The Kier molecular flexibility index (Phi) is 5.98. The molecule has 164 valence electrons. The molecule has 0 radical (unpaired) electrons. The molecule has 0 spiro atoms. The summed E-state index contributed by atoms with van der Waals surface area (Å²) in [5, 5.41) is 2.25. The summed E-state index contributed by atoms with van der Waals surface area (Å²) in [6.07, 6.45) is 7.54. The Morgan fingerprint density at radius 2 is 1.81 bits per heavy atom. The van der Waals surface area contributed by atoms with Gasteiger partial charge in [-0.25, -0.2) is 8.78 Å². The van der Waals surface area contributed by atoms with Crippen LogP contribution in [-0.2, 0) is 5.41 Å². The summed E-state index contributed by atoms with van der Waals surface area (Å²) >= 11 is 0. The first-order valence-corrected chi connectivity index (χ1v) is 11.1. The molecule has 1 aliphatic rings. The third-order valence-electron chi connectivity index (χ3n) is 7.02. The third-order valence-corrected chi connectivity index (χ3v) is 7.02. The number of hydrogen-bond donors (Lipinski definition) is 1. The number of fused-ring (bicyclic) bond motifs is 1. The molecule has 0 aliphatic heterocycles. The van der Waals surface area contributed by atoms with Crippen LogP contribution < -0.4 is 10.5 Å². The average Bonchev–Trinajstić information content (AvgIpc) is 2.76. The maximum absolute atomic E-state index is 14.0. The van der Waals surface area contributed by atoms with Crippen molar-refractivity contribution in [1.29, 1.82) is 0 Å². The van der Waals surface area contributed by atoms with Gasteiger partial charge in [-0.05, 0) is 92.3 Å². The average molecular weight is 425 g/mol. The fourth-order valence-corrected chi connectivity index (χ4v) is 5.26. The fraction of sp³-hybridized carbons (Fsp3) is 0.423. The highest BCUT2D eigenvalue weighted by molar-refractivity contribution is 5.87. The van der Waals surface area contributed by atoms with Gasteiger partial charge in [0.25, 0.3) is 0 Å². The van der Waals surface area contributed by atoms with Crippen LogP contribution in [-0.4, -0.2) is 17.1 Å². The van der Waals surface area contributed by atoms with Crippen molar-refractivity contribution in [3.8, 4) is 5.75 Å². The van der Waals surface area contributed by atoms with Gasteiger partial charge in [-0.15, -0.1) is 0 Å². The molecule has 0 saturated heterocycles. The predicted molar refractivity (Wildman–Crippen MR) is 120 cm³/mol. The molecule has 1 atom stereocenters. The van der Waals surface area contributed by atoms with Gasteiger partial charge in [0.1, 0.15) is 17.4 Å². The van der Waals surface area contributed by atoms with Gasteiger partial charge in [0.2, 0.25) is 0 Å². The zero-order valence-electron chi connectivity index (χ0n) is 18.4. The van der Waals surface area contributed by atoms with Crippen molar-refractivity contribution in [2.75, 3.05) is 0 Å². The van der Waals surface area contributed by atoms with E-state index in [0.717, 1.165) is 65.8 Å². The van der Waals surface area contributed by atoms with Crippen LogP contribution in [0.2, 0.25) is 0 Å². The maximum Gasteiger partial charge on any atom is 0.126 e. The van der Waals surface area contributed by atoms with E-state index in [-0.39, 0.29) is 12.1 Å². The molecule has 0 bridgehead atoms. The molecule has 1 saturated carbocycles. The highest BCUT2D eigenvalue weighted by Gasteiger charge is 2.42. The van der Waals surface area contributed by atoms with Crippen LogP contribution in [0.4, 0.5) is 8.78 Å². The molecule has 1 fully saturated rings. The topological polar surface area (TPSA) is 48.1 Å². The van der Waals surface area contributed by atoms with Gasteiger partial charge in [-0.3, -0.25) is 4.98 Å². The summed E-state index contributed by atoms with van der Waals surface area (Å²) < 4.78 is 34.5. The number of aromatic nitrogens is 1. The van der Waals surface area contributed by atoms with Crippen molar-refractivity contribution in [2.24, 2.45) is 5.73 Å². The van der Waals surface area contributed by atoms with Gasteiger partial charge < -0.3 is 10.5 Å². The number of halogens is 2. The SMILES string of the molecule is CC[C@H](N)C1(c2cc(F)cc(F)c2)CCC(Oc2c(C)cc3cnccc3c2C)CC1. The minimum absolute atomic E-state index is 0.0484. The van der Waals surface area contributed by atoms with Crippen molar-refractivity contribution in [2.45, 2.75) is 70.4 Å². The maximum atomic E-state index is 14.0. The van der Waals surface area contributed by atoms with Gasteiger partial charge in [0.15, 0.2) is 0 Å². The lowest BCUT2D eigenvalue weighted by molar-refractivity contribution is 0.102. The molecule has 0 unspecified atom stereocenters. The van der Waals surface area contributed by atoms with Crippen LogP contribution in [0.25, 0.3) is 10.8 Å². The van der Waals surface area contributed by atoms with Crippen LogP contribution in [0.1, 0.15) is 55.7 Å². The molecule has 2 N–H and O–H groups in total. The molecule has 1 heterocycles. The second kappa shape index (κ2) is 8.54. The molecule has 1 aliphatic carbocycles. The first kappa shape index (κ1) is 21.7. The second-order valence-corrected chi connectivity index (χ2v) is 8.89. The minimum Gasteiger partial charge on any atom is -0.490 e. The summed E-state index contributed by atoms with van der Waals surface area (Å²) in [5.74, 6) is -0.173. The Labute approximate surface area is 182 Å². The Morgan fingerprint density at radius 3 is 2.45 bits per heavy atom. The van der Waals surface area contributed by atoms with E-state index in [1.165, 1.54) is 12.1 Å². The van der Waals surface area contributed by atoms with E-state index in [1.807, 2.05) is 19.2 Å². The van der Waals surface area contributed by atoms with Crippen molar-refractivity contribution >= 4 is 10.8 Å². The second-order valence-electron chi connectivity index (χ2n) is 8.89. The van der Waals surface area contributed by atoms with Crippen LogP contribution in [0.15, 0.2) is 42.7 Å². The summed E-state index contributed by atoms with van der Waals surface area (Å²) in [4.78, 5) is 4.22. The van der Waals surface area contributed by atoms with Crippen LogP contribution in [0.5, 0.6) is 5.75 Å². The third kappa shape index (κ3) is 4.03. The molecule has 4 rings (SSSR count). The van der Waals surface area contributed by atoms with Gasteiger partial charge >= 0.3 is 0 Å². The molecular formula is C26H30F2N2O. The van der Waals surface area contributed by atoms with E-state index in [1.54, 1.807) is 6.20 Å². The molecular weight excluding hydrogens is 394 g/mol. The first-order chi connectivity index (χ1) is 14.8. The highest BCUT2D eigenvalue weighted by Crippen LogP contribution is 2.44.